The molecule has 2 aromatic carbocycles. The molecule has 1 fully saturated rings. The third-order valence-electron chi connectivity index (χ3n) is 5.65. The molecular formula is C23H24N4O4. The number of anilines is 1. The lowest BCUT2D eigenvalue weighted by Crippen LogP contribution is -2.42. The smallest absolute Gasteiger partial charge is 0.272 e. The normalized spacial score (nSPS) is 14.4. The summed E-state index contributed by atoms with van der Waals surface area (Å²) in [5.74, 6) is 0.425. The van der Waals surface area contributed by atoms with Crippen molar-refractivity contribution in [2.45, 2.75) is 19.3 Å². The van der Waals surface area contributed by atoms with Gasteiger partial charge in [-0.25, -0.2) is 5.10 Å². The van der Waals surface area contributed by atoms with Crippen molar-refractivity contribution in [1.29, 1.82) is 0 Å². The van der Waals surface area contributed by atoms with Crippen LogP contribution in [-0.4, -0.2) is 47.1 Å². The number of piperidine rings is 1. The number of rotatable bonds is 5. The summed E-state index contributed by atoms with van der Waals surface area (Å²) in [6.45, 7) is 1.02. The molecule has 0 radical (unpaired) electrons. The van der Waals surface area contributed by atoms with E-state index in [4.69, 9.17) is 4.74 Å². The van der Waals surface area contributed by atoms with Gasteiger partial charge in [-0.05, 0) is 31.0 Å². The highest BCUT2D eigenvalue weighted by molar-refractivity contribution is 5.93. The molecule has 1 aliphatic heterocycles. The maximum absolute atomic E-state index is 12.8. The summed E-state index contributed by atoms with van der Waals surface area (Å²) in [6, 6.07) is 14.4. The van der Waals surface area contributed by atoms with Crippen LogP contribution in [0.1, 0.15) is 18.5 Å². The van der Waals surface area contributed by atoms with Crippen molar-refractivity contribution in [3.05, 3.63) is 64.6 Å². The van der Waals surface area contributed by atoms with E-state index >= 15 is 0 Å². The first-order chi connectivity index (χ1) is 15.0. The monoisotopic (exact) mass is 420 g/mol. The number of methoxy groups -OCH3 is 1. The Hall–Kier alpha value is -3.68. The van der Waals surface area contributed by atoms with E-state index in [1.807, 2.05) is 24.3 Å². The number of hydrogen-bond acceptors (Lipinski definition) is 5. The molecule has 0 atom stereocenters. The van der Waals surface area contributed by atoms with E-state index in [0.29, 0.717) is 53.8 Å². The Balaban J connectivity index is 1.35. The molecular weight excluding hydrogens is 396 g/mol. The molecule has 1 aromatic heterocycles. The maximum Gasteiger partial charge on any atom is 0.272 e. The van der Waals surface area contributed by atoms with Gasteiger partial charge in [0.1, 0.15) is 5.75 Å². The van der Waals surface area contributed by atoms with Gasteiger partial charge in [-0.3, -0.25) is 14.4 Å². The quantitative estimate of drug-likeness (QED) is 0.659. The number of nitrogens with zero attached hydrogens (tertiary/aromatic N) is 2. The van der Waals surface area contributed by atoms with E-state index in [-0.39, 0.29) is 29.7 Å². The van der Waals surface area contributed by atoms with Gasteiger partial charge in [-0.15, -0.1) is 0 Å². The van der Waals surface area contributed by atoms with Gasteiger partial charge >= 0.3 is 0 Å². The van der Waals surface area contributed by atoms with E-state index in [9.17, 15) is 14.4 Å². The highest BCUT2D eigenvalue weighted by Gasteiger charge is 2.28. The average Bonchev–Trinajstić information content (AvgIpc) is 2.81. The van der Waals surface area contributed by atoms with Crippen LogP contribution in [0, 0.1) is 5.92 Å². The lowest BCUT2D eigenvalue weighted by atomic mass is 9.95. The number of benzene rings is 2. The van der Waals surface area contributed by atoms with Crippen LogP contribution < -0.4 is 15.6 Å². The Bertz CT molecular complexity index is 1170. The third-order valence-corrected chi connectivity index (χ3v) is 5.65. The number of ether oxygens (including phenoxy) is 1. The molecule has 0 saturated carbocycles. The highest BCUT2D eigenvalue weighted by atomic mass is 16.5. The molecule has 4 rings (SSSR count). The Labute approximate surface area is 179 Å². The van der Waals surface area contributed by atoms with Crippen molar-refractivity contribution in [3.8, 4) is 5.75 Å². The summed E-state index contributed by atoms with van der Waals surface area (Å²) < 4.78 is 5.18. The van der Waals surface area contributed by atoms with Gasteiger partial charge in [-0.1, -0.05) is 24.3 Å². The van der Waals surface area contributed by atoms with Crippen LogP contribution in [0.2, 0.25) is 0 Å². The Kier molecular flexibility index (Phi) is 5.97. The lowest BCUT2D eigenvalue weighted by Gasteiger charge is -2.31. The minimum atomic E-state index is -0.269. The molecule has 0 bridgehead atoms. The number of fused-ring (bicyclic) bond motifs is 1. The van der Waals surface area contributed by atoms with Crippen LogP contribution in [0.4, 0.5) is 5.69 Å². The predicted molar refractivity (Wildman–Crippen MR) is 117 cm³/mol. The minimum Gasteiger partial charge on any atom is -0.497 e. The van der Waals surface area contributed by atoms with E-state index < -0.39 is 0 Å². The zero-order chi connectivity index (χ0) is 21.8. The number of carbonyl (C=O) groups is 2. The topological polar surface area (TPSA) is 104 Å². The molecule has 0 unspecified atom stereocenters. The Morgan fingerprint density at radius 1 is 1.13 bits per heavy atom. The number of amides is 2. The number of likely N-dealkylation sites (tertiary alicyclic amines) is 1. The zero-order valence-corrected chi connectivity index (χ0v) is 17.3. The molecule has 8 nitrogen and oxygen atoms in total. The number of aromatic amines is 1. The fourth-order valence-electron chi connectivity index (χ4n) is 3.90. The molecule has 0 spiro atoms. The number of H-pyrrole nitrogens is 1. The average molecular weight is 420 g/mol. The standard InChI is InChI=1S/C23H24N4O4/c1-31-17-6-4-5-16(13-17)24-22(29)15-9-11-27(12-10-15)21(28)14-20-18-7-2-3-8-19(18)23(30)26-25-20/h2-8,13,15H,9-12,14H2,1H3,(H,24,29)(H,26,30). The van der Waals surface area contributed by atoms with Gasteiger partial charge < -0.3 is 15.0 Å². The fraction of sp³-hybridized carbons (Fsp3) is 0.304. The van der Waals surface area contributed by atoms with Crippen molar-refractivity contribution >= 4 is 28.3 Å². The molecule has 1 saturated heterocycles. The second kappa shape index (κ2) is 8.99. The number of aromatic nitrogens is 2. The number of nitrogens with one attached hydrogen (secondary N) is 2. The minimum absolute atomic E-state index is 0.0475. The zero-order valence-electron chi connectivity index (χ0n) is 17.3. The summed E-state index contributed by atoms with van der Waals surface area (Å²) in [5.41, 5.74) is 0.978. The second-order valence-corrected chi connectivity index (χ2v) is 7.60. The lowest BCUT2D eigenvalue weighted by molar-refractivity contribution is -0.133. The number of hydrogen-bond donors (Lipinski definition) is 2. The van der Waals surface area contributed by atoms with Gasteiger partial charge in [-0.2, -0.15) is 5.10 Å². The largest absolute Gasteiger partial charge is 0.497 e. The molecule has 2 amide bonds. The van der Waals surface area contributed by atoms with Gasteiger partial charge in [0.15, 0.2) is 0 Å². The predicted octanol–water partition coefficient (Wildman–Crippen LogP) is 2.35. The van der Waals surface area contributed by atoms with Crippen LogP contribution in [0.25, 0.3) is 10.8 Å². The molecule has 3 aromatic rings. The van der Waals surface area contributed by atoms with Gasteiger partial charge in [0.25, 0.3) is 5.56 Å². The SMILES string of the molecule is COc1cccc(NC(=O)C2CCN(C(=O)Cc3n[nH]c(=O)c4ccccc34)CC2)c1. The van der Waals surface area contributed by atoms with Crippen molar-refractivity contribution < 1.29 is 14.3 Å². The van der Waals surface area contributed by atoms with Crippen LogP contribution in [-0.2, 0) is 16.0 Å². The van der Waals surface area contributed by atoms with Crippen molar-refractivity contribution in [2.75, 3.05) is 25.5 Å². The van der Waals surface area contributed by atoms with Crippen LogP contribution in [0.15, 0.2) is 53.3 Å². The van der Waals surface area contributed by atoms with Crippen LogP contribution >= 0.6 is 0 Å². The Morgan fingerprint density at radius 3 is 2.61 bits per heavy atom. The van der Waals surface area contributed by atoms with E-state index in [0.717, 1.165) is 0 Å². The molecule has 1 aliphatic rings. The Morgan fingerprint density at radius 2 is 1.87 bits per heavy atom. The van der Waals surface area contributed by atoms with Gasteiger partial charge in [0, 0.05) is 36.1 Å². The summed E-state index contributed by atoms with van der Waals surface area (Å²) in [6.07, 6.45) is 1.31. The van der Waals surface area contributed by atoms with E-state index in [1.165, 1.54) is 0 Å². The molecule has 2 heterocycles. The summed E-state index contributed by atoms with van der Waals surface area (Å²) in [7, 11) is 1.58. The molecule has 160 valence electrons. The molecule has 0 aliphatic carbocycles. The second-order valence-electron chi connectivity index (χ2n) is 7.60. The van der Waals surface area contributed by atoms with Gasteiger partial charge in [0.05, 0.1) is 24.6 Å². The summed E-state index contributed by atoms with van der Waals surface area (Å²) >= 11 is 0. The summed E-state index contributed by atoms with van der Waals surface area (Å²) in [4.78, 5) is 39.1. The van der Waals surface area contributed by atoms with Crippen molar-refractivity contribution in [1.82, 2.24) is 15.1 Å². The molecule has 31 heavy (non-hydrogen) atoms. The summed E-state index contributed by atoms with van der Waals surface area (Å²) in [5, 5.41) is 10.7. The van der Waals surface area contributed by atoms with Crippen molar-refractivity contribution in [2.24, 2.45) is 5.92 Å². The molecule has 8 heteroatoms. The maximum atomic E-state index is 12.8. The first-order valence-corrected chi connectivity index (χ1v) is 10.2. The number of carbonyl (C=O) groups excluding carboxylic acids is 2. The van der Waals surface area contributed by atoms with E-state index in [2.05, 4.69) is 15.5 Å². The third kappa shape index (κ3) is 4.58. The molecule has 2 N–H and O–H groups in total. The highest BCUT2D eigenvalue weighted by Crippen LogP contribution is 2.22. The fourth-order valence-corrected chi connectivity index (χ4v) is 3.90. The first kappa shape index (κ1) is 20.6. The van der Waals surface area contributed by atoms with Crippen LogP contribution in [0.3, 0.4) is 0 Å². The van der Waals surface area contributed by atoms with Crippen LogP contribution in [0.5, 0.6) is 5.75 Å². The van der Waals surface area contributed by atoms with Gasteiger partial charge in [0.2, 0.25) is 11.8 Å². The van der Waals surface area contributed by atoms with Crippen molar-refractivity contribution in [3.63, 3.8) is 0 Å². The first-order valence-electron chi connectivity index (χ1n) is 10.2. The van der Waals surface area contributed by atoms with E-state index in [1.54, 1.807) is 36.3 Å².